The van der Waals surface area contributed by atoms with Crippen LogP contribution in [-0.4, -0.2) is 4.98 Å². The Labute approximate surface area is 60.9 Å². The van der Waals surface area contributed by atoms with Gasteiger partial charge >= 0.3 is 0 Å². The van der Waals surface area contributed by atoms with E-state index in [0.717, 1.165) is 0 Å². The normalized spacial score (nSPS) is 7.90. The van der Waals surface area contributed by atoms with E-state index in [1.54, 1.807) is 12.1 Å². The summed E-state index contributed by atoms with van der Waals surface area (Å²) in [5.74, 6) is -0.428. The largest absolute Gasteiger partial charge is 0.228 e. The molecule has 0 saturated carbocycles. The Bertz CT molecular complexity index is 151. The molecule has 0 atom stereocenters. The van der Waals surface area contributed by atoms with Gasteiger partial charge in [0, 0.05) is 6.20 Å². The molecule has 0 fully saturated rings. The number of pyridine rings is 1. The standard InChI is InChI=1S/C5H4FN.C3H8/c6-5-3-1-2-4-7-5;1-3-2/h1-4H;3H2,1-2H3. The van der Waals surface area contributed by atoms with Crippen LogP contribution >= 0.6 is 0 Å². The highest BCUT2D eigenvalue weighted by atomic mass is 19.1. The summed E-state index contributed by atoms with van der Waals surface area (Å²) in [5, 5.41) is 0. The SMILES string of the molecule is CCC.Fc1ccccn1. The summed E-state index contributed by atoms with van der Waals surface area (Å²) in [6, 6.07) is 4.57. The molecule has 2 heteroatoms. The van der Waals surface area contributed by atoms with Crippen LogP contribution < -0.4 is 0 Å². The molecule has 0 radical (unpaired) electrons. The molecule has 0 bridgehead atoms. The molecule has 56 valence electrons. The van der Waals surface area contributed by atoms with E-state index >= 15 is 0 Å². The third kappa shape index (κ3) is 5.22. The second-order valence-electron chi connectivity index (χ2n) is 1.86. The Morgan fingerprint density at radius 1 is 1.40 bits per heavy atom. The van der Waals surface area contributed by atoms with E-state index in [2.05, 4.69) is 18.8 Å². The molecule has 1 aromatic heterocycles. The molecular weight excluding hydrogens is 129 g/mol. The van der Waals surface area contributed by atoms with Gasteiger partial charge in [-0.15, -0.1) is 0 Å². The van der Waals surface area contributed by atoms with Crippen molar-refractivity contribution in [1.29, 1.82) is 0 Å². The first-order valence-corrected chi connectivity index (χ1v) is 3.37. The predicted octanol–water partition coefficient (Wildman–Crippen LogP) is 2.64. The first-order chi connectivity index (χ1) is 4.81. The topological polar surface area (TPSA) is 12.9 Å². The second-order valence-corrected chi connectivity index (χ2v) is 1.86. The number of aromatic nitrogens is 1. The van der Waals surface area contributed by atoms with Gasteiger partial charge < -0.3 is 0 Å². The summed E-state index contributed by atoms with van der Waals surface area (Å²) in [5.41, 5.74) is 0. The van der Waals surface area contributed by atoms with Gasteiger partial charge in [-0.1, -0.05) is 26.3 Å². The average Bonchev–Trinajstić information content (AvgIpc) is 1.91. The summed E-state index contributed by atoms with van der Waals surface area (Å²) >= 11 is 0. The zero-order valence-electron chi connectivity index (χ0n) is 6.34. The van der Waals surface area contributed by atoms with E-state index in [1.165, 1.54) is 18.7 Å². The van der Waals surface area contributed by atoms with Crippen LogP contribution in [0.4, 0.5) is 4.39 Å². The third-order valence-corrected chi connectivity index (χ3v) is 0.629. The maximum absolute atomic E-state index is 11.8. The predicted molar refractivity (Wildman–Crippen MR) is 40.2 cm³/mol. The van der Waals surface area contributed by atoms with Gasteiger partial charge in [-0.25, -0.2) is 4.98 Å². The molecule has 0 aromatic carbocycles. The van der Waals surface area contributed by atoms with E-state index in [4.69, 9.17) is 0 Å². The quantitative estimate of drug-likeness (QED) is 0.506. The van der Waals surface area contributed by atoms with Crippen LogP contribution in [0, 0.1) is 5.95 Å². The molecular formula is C8H12FN. The third-order valence-electron chi connectivity index (χ3n) is 0.629. The van der Waals surface area contributed by atoms with E-state index in [9.17, 15) is 4.39 Å². The lowest BCUT2D eigenvalue weighted by atomic mass is 10.5. The van der Waals surface area contributed by atoms with Crippen molar-refractivity contribution in [1.82, 2.24) is 4.98 Å². The van der Waals surface area contributed by atoms with E-state index in [-0.39, 0.29) is 0 Å². The minimum absolute atomic E-state index is 0.428. The van der Waals surface area contributed by atoms with Gasteiger partial charge in [0.1, 0.15) is 0 Å². The van der Waals surface area contributed by atoms with Gasteiger partial charge in [-0.05, 0) is 12.1 Å². The van der Waals surface area contributed by atoms with Crippen molar-refractivity contribution in [2.75, 3.05) is 0 Å². The van der Waals surface area contributed by atoms with Gasteiger partial charge in [-0.3, -0.25) is 0 Å². The number of hydrogen-bond donors (Lipinski definition) is 0. The summed E-state index contributed by atoms with van der Waals surface area (Å²) in [7, 11) is 0. The molecule has 0 aliphatic carbocycles. The van der Waals surface area contributed by atoms with Crippen LogP contribution in [0.25, 0.3) is 0 Å². The lowest BCUT2D eigenvalue weighted by molar-refractivity contribution is 0.584. The van der Waals surface area contributed by atoms with Gasteiger partial charge in [0.05, 0.1) is 0 Å². The molecule has 1 nitrogen and oxygen atoms in total. The minimum Gasteiger partial charge on any atom is -0.228 e. The van der Waals surface area contributed by atoms with Crippen molar-refractivity contribution >= 4 is 0 Å². The number of halogens is 1. The lowest BCUT2D eigenvalue weighted by Gasteiger charge is -1.78. The molecule has 0 unspecified atom stereocenters. The van der Waals surface area contributed by atoms with Gasteiger partial charge in [0.2, 0.25) is 5.95 Å². The minimum atomic E-state index is -0.428. The maximum Gasteiger partial charge on any atom is 0.212 e. The Morgan fingerprint density at radius 2 is 2.00 bits per heavy atom. The van der Waals surface area contributed by atoms with Gasteiger partial charge in [-0.2, -0.15) is 4.39 Å². The average molecular weight is 141 g/mol. The zero-order chi connectivity index (χ0) is 7.82. The molecule has 0 aliphatic heterocycles. The highest BCUT2D eigenvalue weighted by Crippen LogP contribution is 1.85. The van der Waals surface area contributed by atoms with Crippen LogP contribution in [0.5, 0.6) is 0 Å². The maximum atomic E-state index is 11.8. The summed E-state index contributed by atoms with van der Waals surface area (Å²) < 4.78 is 11.8. The molecule has 0 N–H and O–H groups in total. The first kappa shape index (κ1) is 9.08. The van der Waals surface area contributed by atoms with Crippen molar-refractivity contribution in [3.8, 4) is 0 Å². The van der Waals surface area contributed by atoms with Crippen LogP contribution in [0.3, 0.4) is 0 Å². The fraction of sp³-hybridized carbons (Fsp3) is 0.375. The van der Waals surface area contributed by atoms with Crippen LogP contribution in [0.1, 0.15) is 20.3 Å². The highest BCUT2D eigenvalue weighted by Gasteiger charge is 1.78. The van der Waals surface area contributed by atoms with E-state index in [1.807, 2.05) is 0 Å². The first-order valence-electron chi connectivity index (χ1n) is 3.37. The molecule has 0 aliphatic rings. The Morgan fingerprint density at radius 3 is 2.20 bits per heavy atom. The molecule has 10 heavy (non-hydrogen) atoms. The monoisotopic (exact) mass is 141 g/mol. The fourth-order valence-corrected chi connectivity index (χ4v) is 0.342. The van der Waals surface area contributed by atoms with Crippen molar-refractivity contribution in [2.24, 2.45) is 0 Å². The summed E-state index contributed by atoms with van der Waals surface area (Å²) in [6.07, 6.45) is 2.66. The summed E-state index contributed by atoms with van der Waals surface area (Å²) in [4.78, 5) is 3.31. The van der Waals surface area contributed by atoms with Crippen molar-refractivity contribution in [3.63, 3.8) is 0 Å². The van der Waals surface area contributed by atoms with Crippen molar-refractivity contribution in [2.45, 2.75) is 20.3 Å². The smallest absolute Gasteiger partial charge is 0.212 e. The fourth-order valence-electron chi connectivity index (χ4n) is 0.342. The number of nitrogens with zero attached hydrogens (tertiary/aromatic N) is 1. The highest BCUT2D eigenvalue weighted by molar-refractivity contribution is 4.90. The van der Waals surface area contributed by atoms with Gasteiger partial charge in [0.25, 0.3) is 0 Å². The number of hydrogen-bond acceptors (Lipinski definition) is 1. The van der Waals surface area contributed by atoms with Crippen LogP contribution in [0.2, 0.25) is 0 Å². The molecule has 0 saturated heterocycles. The Balaban J connectivity index is 0.000000236. The molecule has 1 aromatic rings. The van der Waals surface area contributed by atoms with E-state index in [0.29, 0.717) is 0 Å². The van der Waals surface area contributed by atoms with Crippen LogP contribution in [0.15, 0.2) is 24.4 Å². The molecule has 1 heterocycles. The van der Waals surface area contributed by atoms with Crippen LogP contribution in [-0.2, 0) is 0 Å². The second kappa shape index (κ2) is 6.20. The Hall–Kier alpha value is -0.920. The zero-order valence-corrected chi connectivity index (χ0v) is 6.34. The summed E-state index contributed by atoms with van der Waals surface area (Å²) in [6.45, 7) is 4.25. The van der Waals surface area contributed by atoms with Crippen molar-refractivity contribution < 1.29 is 4.39 Å². The van der Waals surface area contributed by atoms with E-state index < -0.39 is 5.95 Å². The number of rotatable bonds is 0. The Kier molecular flexibility index (Phi) is 5.63. The molecule has 0 amide bonds. The lowest BCUT2D eigenvalue weighted by Crippen LogP contribution is -1.73. The van der Waals surface area contributed by atoms with Crippen molar-refractivity contribution in [3.05, 3.63) is 30.3 Å². The van der Waals surface area contributed by atoms with Gasteiger partial charge in [0.15, 0.2) is 0 Å². The molecule has 1 rings (SSSR count). The molecule has 0 spiro atoms.